The molecule has 0 bridgehead atoms. The number of aromatic nitrogens is 3. The molecule has 1 N–H and O–H groups in total. The van der Waals surface area contributed by atoms with E-state index in [4.69, 9.17) is 24.2 Å². The van der Waals surface area contributed by atoms with Crippen molar-refractivity contribution in [2.24, 2.45) is 4.99 Å². The number of rotatable bonds is 8. The number of benzene rings is 3. The van der Waals surface area contributed by atoms with Crippen molar-refractivity contribution in [2.75, 3.05) is 33.3 Å². The van der Waals surface area contributed by atoms with Gasteiger partial charge in [0.2, 0.25) is 5.88 Å². The standard InChI is InChI=1S/C29H28FN5O3/c1-29(38-4,18-36-2)34-24-17-27-25(16-23(24)33-22-9-7-15-31-28(22)37-3)32-21-8-5-6-10-26(21)35(27)20-13-11-19(30)12-14-20/h5-17,33H,18H2,1-4H3/b34-24+. The first-order valence-corrected chi connectivity index (χ1v) is 12.0. The number of hydrogen-bond acceptors (Lipinski definition) is 7. The molecule has 1 aliphatic heterocycles. The number of nitrogens with zero attached hydrogens (tertiary/aromatic N) is 4. The second-order valence-electron chi connectivity index (χ2n) is 8.88. The van der Waals surface area contributed by atoms with Crippen LogP contribution in [0.5, 0.6) is 5.88 Å². The van der Waals surface area contributed by atoms with Gasteiger partial charge in [-0.25, -0.2) is 19.4 Å². The van der Waals surface area contributed by atoms with Crippen molar-refractivity contribution in [1.82, 2.24) is 14.5 Å². The van der Waals surface area contributed by atoms with Crippen molar-refractivity contribution in [3.05, 3.63) is 90.2 Å². The number of nitrogens with one attached hydrogen (secondary N) is 1. The van der Waals surface area contributed by atoms with Gasteiger partial charge in [0.25, 0.3) is 0 Å². The third-order valence-corrected chi connectivity index (χ3v) is 6.22. The molecule has 1 aliphatic carbocycles. The highest BCUT2D eigenvalue weighted by molar-refractivity contribution is 5.84. The van der Waals surface area contributed by atoms with E-state index in [1.54, 1.807) is 39.7 Å². The number of hydrogen-bond donors (Lipinski definition) is 1. The Balaban J connectivity index is 1.84. The lowest BCUT2D eigenvalue weighted by atomic mass is 10.1. The van der Waals surface area contributed by atoms with E-state index in [-0.39, 0.29) is 12.4 Å². The normalized spacial score (nSPS) is 13.6. The van der Waals surface area contributed by atoms with Gasteiger partial charge < -0.3 is 24.1 Å². The van der Waals surface area contributed by atoms with Crippen molar-refractivity contribution in [2.45, 2.75) is 12.6 Å². The zero-order valence-electron chi connectivity index (χ0n) is 21.6. The molecule has 0 saturated heterocycles. The average Bonchev–Trinajstić information content (AvgIpc) is 2.93. The molecule has 5 rings (SSSR count). The smallest absolute Gasteiger partial charge is 0.237 e. The van der Waals surface area contributed by atoms with E-state index < -0.39 is 5.72 Å². The van der Waals surface area contributed by atoms with Crippen LogP contribution in [0.25, 0.3) is 28.1 Å². The number of methoxy groups -OCH3 is 3. The third kappa shape index (κ3) is 4.93. The molecule has 9 heteroatoms. The van der Waals surface area contributed by atoms with Crippen LogP contribution in [0.4, 0.5) is 15.8 Å². The summed E-state index contributed by atoms with van der Waals surface area (Å²) in [5.41, 5.74) is 4.35. The molecule has 0 amide bonds. The lowest BCUT2D eigenvalue weighted by Gasteiger charge is -2.24. The van der Waals surface area contributed by atoms with Crippen LogP contribution in [0.1, 0.15) is 6.92 Å². The van der Waals surface area contributed by atoms with E-state index in [1.807, 2.05) is 60.0 Å². The van der Waals surface area contributed by atoms with Crippen molar-refractivity contribution in [3.8, 4) is 23.0 Å². The highest BCUT2D eigenvalue weighted by atomic mass is 19.1. The maximum atomic E-state index is 13.8. The van der Waals surface area contributed by atoms with Gasteiger partial charge >= 0.3 is 0 Å². The minimum atomic E-state index is -0.955. The fourth-order valence-electron chi connectivity index (χ4n) is 4.36. The van der Waals surface area contributed by atoms with E-state index in [2.05, 4.69) is 10.3 Å². The molecule has 8 nitrogen and oxygen atoms in total. The van der Waals surface area contributed by atoms with Gasteiger partial charge in [0.1, 0.15) is 11.5 Å². The number of pyridine rings is 1. The van der Waals surface area contributed by atoms with Gasteiger partial charge in [-0.05, 0) is 67.6 Å². The summed E-state index contributed by atoms with van der Waals surface area (Å²) < 4.78 is 32.4. The van der Waals surface area contributed by atoms with E-state index >= 15 is 0 Å². The Morgan fingerprint density at radius 1 is 0.974 bits per heavy atom. The number of fused-ring (bicyclic) bond motifs is 2. The summed E-state index contributed by atoms with van der Waals surface area (Å²) in [6, 6.07) is 21.8. The van der Waals surface area contributed by atoms with E-state index in [1.165, 1.54) is 12.1 Å². The first-order chi connectivity index (χ1) is 18.4. The van der Waals surface area contributed by atoms with E-state index in [0.29, 0.717) is 28.3 Å². The van der Waals surface area contributed by atoms with Crippen molar-refractivity contribution >= 4 is 22.4 Å². The second kappa shape index (κ2) is 10.6. The SMILES string of the molecule is COCC(C)(/N=c1\cc2n(-c3ccc(F)cc3)c3ccccc3nc-2cc1Nc1cccnc1OC)OC. The molecule has 1 unspecified atom stereocenters. The number of ether oxygens (including phenoxy) is 3. The predicted octanol–water partition coefficient (Wildman–Crippen LogP) is 5.33. The Bertz CT molecular complexity index is 1620. The maximum Gasteiger partial charge on any atom is 0.237 e. The molecule has 0 spiro atoms. The molecule has 1 atom stereocenters. The summed E-state index contributed by atoms with van der Waals surface area (Å²) >= 11 is 0. The van der Waals surface area contributed by atoms with Crippen molar-refractivity contribution in [3.63, 3.8) is 0 Å². The Labute approximate surface area is 219 Å². The quantitative estimate of drug-likeness (QED) is 0.283. The summed E-state index contributed by atoms with van der Waals surface area (Å²) in [5, 5.41) is 4.02. The molecule has 3 aromatic rings. The number of halogens is 1. The topological polar surface area (TPSA) is 82.8 Å². The lowest BCUT2D eigenvalue weighted by molar-refractivity contribution is -0.0466. The minimum Gasteiger partial charge on any atom is -0.480 e. The van der Waals surface area contributed by atoms with Gasteiger partial charge in [-0.2, -0.15) is 0 Å². The molecule has 2 heterocycles. The maximum absolute atomic E-state index is 13.8. The second-order valence-corrected chi connectivity index (χ2v) is 8.88. The number of anilines is 2. The Hall–Kier alpha value is -4.34. The summed E-state index contributed by atoms with van der Waals surface area (Å²) in [4.78, 5) is 14.2. The largest absolute Gasteiger partial charge is 0.480 e. The fourth-order valence-corrected chi connectivity index (χ4v) is 4.36. The minimum absolute atomic E-state index is 0.241. The van der Waals surface area contributed by atoms with Crippen LogP contribution >= 0.6 is 0 Å². The van der Waals surface area contributed by atoms with Crippen LogP contribution in [0, 0.1) is 5.82 Å². The Morgan fingerprint density at radius 3 is 2.50 bits per heavy atom. The van der Waals surface area contributed by atoms with E-state index in [9.17, 15) is 4.39 Å². The van der Waals surface area contributed by atoms with Crippen LogP contribution in [0.3, 0.4) is 0 Å². The molecule has 1 aromatic heterocycles. The van der Waals surface area contributed by atoms with Crippen molar-refractivity contribution in [1.29, 1.82) is 0 Å². The van der Waals surface area contributed by atoms with Gasteiger partial charge in [0, 0.05) is 26.1 Å². The molecule has 38 heavy (non-hydrogen) atoms. The molecule has 0 saturated carbocycles. The number of para-hydroxylation sites is 2. The summed E-state index contributed by atoms with van der Waals surface area (Å²) in [6.45, 7) is 2.09. The van der Waals surface area contributed by atoms with Gasteiger partial charge in [-0.15, -0.1) is 0 Å². The monoisotopic (exact) mass is 513 g/mol. The fraction of sp³-hybridized carbons (Fsp3) is 0.207. The molecular weight excluding hydrogens is 485 g/mol. The average molecular weight is 514 g/mol. The molecule has 2 aromatic carbocycles. The molecule has 0 fully saturated rings. The van der Waals surface area contributed by atoms with Crippen LogP contribution in [0.15, 0.2) is 84.0 Å². The van der Waals surface area contributed by atoms with Crippen molar-refractivity contribution < 1.29 is 18.6 Å². The highest BCUT2D eigenvalue weighted by Crippen LogP contribution is 2.32. The van der Waals surface area contributed by atoms with Crippen LogP contribution in [-0.4, -0.2) is 48.2 Å². The summed E-state index contributed by atoms with van der Waals surface area (Å²) in [6.07, 6.45) is 1.66. The van der Waals surface area contributed by atoms with Gasteiger partial charge in [0.15, 0.2) is 5.72 Å². The van der Waals surface area contributed by atoms with Crippen LogP contribution in [-0.2, 0) is 9.47 Å². The first-order valence-electron chi connectivity index (χ1n) is 12.0. The van der Waals surface area contributed by atoms with Gasteiger partial charge in [0.05, 0.1) is 47.2 Å². The predicted molar refractivity (Wildman–Crippen MR) is 145 cm³/mol. The summed E-state index contributed by atoms with van der Waals surface area (Å²) in [7, 11) is 4.76. The van der Waals surface area contributed by atoms with Crippen LogP contribution < -0.4 is 15.4 Å². The third-order valence-electron chi connectivity index (χ3n) is 6.22. The van der Waals surface area contributed by atoms with Crippen LogP contribution in [0.2, 0.25) is 0 Å². The molecule has 0 radical (unpaired) electrons. The zero-order valence-corrected chi connectivity index (χ0v) is 21.6. The van der Waals surface area contributed by atoms with E-state index in [0.717, 1.165) is 22.4 Å². The summed E-state index contributed by atoms with van der Waals surface area (Å²) in [5.74, 6) is 0.137. The Kier molecular flexibility index (Phi) is 7.04. The molecular formula is C29H28FN5O3. The Morgan fingerprint density at radius 2 is 1.76 bits per heavy atom. The lowest BCUT2D eigenvalue weighted by Crippen LogP contribution is -2.33. The van der Waals surface area contributed by atoms with Gasteiger partial charge in [-0.1, -0.05) is 12.1 Å². The molecule has 194 valence electrons. The first kappa shape index (κ1) is 25.3. The van der Waals surface area contributed by atoms with Gasteiger partial charge in [-0.3, -0.25) is 0 Å². The highest BCUT2D eigenvalue weighted by Gasteiger charge is 2.24. The zero-order chi connectivity index (χ0) is 26.7. The molecule has 2 aliphatic rings.